The van der Waals surface area contributed by atoms with Crippen molar-refractivity contribution in [2.24, 2.45) is 0 Å². The molecule has 0 spiro atoms. The Hall–Kier alpha value is -2.14. The van der Waals surface area contributed by atoms with Gasteiger partial charge in [-0.15, -0.1) is 0 Å². The van der Waals surface area contributed by atoms with E-state index < -0.39 is 0 Å². The highest BCUT2D eigenvalue weighted by Gasteiger charge is 2.18. The highest BCUT2D eigenvalue weighted by atomic mass is 16.1. The van der Waals surface area contributed by atoms with Gasteiger partial charge in [0.25, 0.3) is 5.56 Å². The van der Waals surface area contributed by atoms with Gasteiger partial charge in [0.15, 0.2) is 0 Å². The average molecular weight is 354 g/mol. The van der Waals surface area contributed by atoms with Crippen molar-refractivity contribution < 1.29 is 0 Å². The molecule has 1 saturated heterocycles. The lowest BCUT2D eigenvalue weighted by molar-refractivity contribution is 0.311. The Labute approximate surface area is 156 Å². The van der Waals surface area contributed by atoms with Gasteiger partial charge in [-0.2, -0.15) is 0 Å². The van der Waals surface area contributed by atoms with Crippen molar-refractivity contribution in [1.29, 1.82) is 0 Å². The molecular weight excluding hydrogens is 324 g/mol. The van der Waals surface area contributed by atoms with Crippen LogP contribution in [-0.4, -0.2) is 48.1 Å². The van der Waals surface area contributed by atoms with E-state index in [1.54, 1.807) is 0 Å². The van der Waals surface area contributed by atoms with Crippen molar-refractivity contribution in [3.8, 4) is 0 Å². The van der Waals surface area contributed by atoms with Gasteiger partial charge >= 0.3 is 0 Å². The van der Waals surface area contributed by atoms with E-state index in [4.69, 9.17) is 0 Å². The average Bonchev–Trinajstić information content (AvgIpc) is 2.58. The number of rotatable bonds is 3. The largest absolute Gasteiger partial charge is 0.340 e. The molecule has 140 valence electrons. The summed E-state index contributed by atoms with van der Waals surface area (Å²) in [5, 5.41) is 0. The topological polar surface area (TPSA) is 52.2 Å². The molecule has 0 bridgehead atoms. The Morgan fingerprint density at radius 1 is 1.08 bits per heavy atom. The molecule has 0 atom stereocenters. The van der Waals surface area contributed by atoms with Gasteiger partial charge in [-0.1, -0.05) is 45.0 Å². The molecule has 0 amide bonds. The first-order valence-electron chi connectivity index (χ1n) is 9.37. The molecule has 5 heteroatoms. The van der Waals surface area contributed by atoms with Crippen LogP contribution in [0, 0.1) is 6.92 Å². The molecule has 2 aromatic rings. The van der Waals surface area contributed by atoms with E-state index >= 15 is 0 Å². The second kappa shape index (κ2) is 7.23. The number of nitrogens with one attached hydrogen (secondary N) is 1. The molecule has 1 aromatic heterocycles. The minimum atomic E-state index is -0.0219. The lowest BCUT2D eigenvalue weighted by Crippen LogP contribution is -2.45. The van der Waals surface area contributed by atoms with Crippen LogP contribution >= 0.6 is 0 Å². The summed E-state index contributed by atoms with van der Waals surface area (Å²) in [5.41, 5.74) is 4.13. The number of H-pyrrole nitrogens is 1. The zero-order chi connectivity index (χ0) is 18.9. The summed E-state index contributed by atoms with van der Waals surface area (Å²) in [7, 11) is 2.12. The summed E-state index contributed by atoms with van der Waals surface area (Å²) >= 11 is 0. The van der Waals surface area contributed by atoms with Crippen LogP contribution in [0.1, 0.15) is 43.2 Å². The van der Waals surface area contributed by atoms with Crippen molar-refractivity contribution in [3.63, 3.8) is 0 Å². The summed E-state index contributed by atoms with van der Waals surface area (Å²) in [6.45, 7) is 12.3. The van der Waals surface area contributed by atoms with Crippen LogP contribution in [-0.2, 0) is 11.8 Å². The van der Waals surface area contributed by atoms with Gasteiger partial charge in [0.2, 0.25) is 5.95 Å². The number of anilines is 1. The van der Waals surface area contributed by atoms with Gasteiger partial charge in [0.1, 0.15) is 0 Å². The van der Waals surface area contributed by atoms with Gasteiger partial charge < -0.3 is 9.80 Å². The van der Waals surface area contributed by atoms with Gasteiger partial charge in [0, 0.05) is 38.2 Å². The molecule has 1 aliphatic heterocycles. The van der Waals surface area contributed by atoms with Crippen LogP contribution in [0.4, 0.5) is 5.95 Å². The lowest BCUT2D eigenvalue weighted by atomic mass is 9.86. The third kappa shape index (κ3) is 4.15. The SMILES string of the molecule is Cc1nc(N2CCN(C)CC2)[nH]c(=O)c1Cc1ccc(C(C)(C)C)cc1. The molecule has 2 heterocycles. The van der Waals surface area contributed by atoms with Crippen molar-refractivity contribution in [3.05, 3.63) is 57.0 Å². The molecule has 26 heavy (non-hydrogen) atoms. The minimum absolute atomic E-state index is 0.0219. The summed E-state index contributed by atoms with van der Waals surface area (Å²) in [6.07, 6.45) is 0.613. The molecule has 0 radical (unpaired) electrons. The first-order chi connectivity index (χ1) is 12.2. The van der Waals surface area contributed by atoms with Gasteiger partial charge in [0.05, 0.1) is 5.69 Å². The van der Waals surface area contributed by atoms with Crippen LogP contribution in [0.5, 0.6) is 0 Å². The Morgan fingerprint density at radius 3 is 2.23 bits per heavy atom. The van der Waals surface area contributed by atoms with Crippen molar-refractivity contribution in [2.45, 2.75) is 39.5 Å². The quantitative estimate of drug-likeness (QED) is 0.921. The number of aromatic nitrogens is 2. The maximum atomic E-state index is 12.7. The smallest absolute Gasteiger partial charge is 0.256 e. The molecule has 0 aliphatic carbocycles. The Bertz CT molecular complexity index is 809. The van der Waals surface area contributed by atoms with Crippen LogP contribution in [0.15, 0.2) is 29.1 Å². The molecule has 5 nitrogen and oxygen atoms in total. The fourth-order valence-corrected chi connectivity index (χ4v) is 3.30. The highest BCUT2D eigenvalue weighted by molar-refractivity contribution is 5.36. The molecule has 1 aliphatic rings. The van der Waals surface area contributed by atoms with Crippen LogP contribution < -0.4 is 10.5 Å². The third-order valence-electron chi connectivity index (χ3n) is 5.21. The number of hydrogen-bond donors (Lipinski definition) is 1. The zero-order valence-electron chi connectivity index (χ0n) is 16.6. The summed E-state index contributed by atoms with van der Waals surface area (Å²) in [5.74, 6) is 0.701. The van der Waals surface area contributed by atoms with E-state index in [0.717, 1.165) is 43.0 Å². The zero-order valence-corrected chi connectivity index (χ0v) is 16.6. The van der Waals surface area contributed by atoms with Crippen molar-refractivity contribution in [2.75, 3.05) is 38.1 Å². The maximum absolute atomic E-state index is 12.7. The van der Waals surface area contributed by atoms with Crippen molar-refractivity contribution >= 4 is 5.95 Å². The molecule has 1 aromatic carbocycles. The van der Waals surface area contributed by atoms with Gasteiger partial charge in [-0.25, -0.2) is 4.98 Å². The van der Waals surface area contributed by atoms with E-state index in [9.17, 15) is 4.79 Å². The monoisotopic (exact) mass is 354 g/mol. The molecule has 0 unspecified atom stereocenters. The number of benzene rings is 1. The summed E-state index contributed by atoms with van der Waals surface area (Å²) in [6, 6.07) is 8.55. The van der Waals surface area contributed by atoms with E-state index in [2.05, 4.69) is 71.9 Å². The predicted molar refractivity (Wildman–Crippen MR) is 107 cm³/mol. The predicted octanol–water partition coefficient (Wildman–Crippen LogP) is 2.72. The number of nitrogens with zero attached hydrogens (tertiary/aromatic N) is 3. The summed E-state index contributed by atoms with van der Waals surface area (Å²) < 4.78 is 0. The van der Waals surface area contributed by atoms with E-state index in [0.29, 0.717) is 12.4 Å². The van der Waals surface area contributed by atoms with Crippen molar-refractivity contribution in [1.82, 2.24) is 14.9 Å². The number of aromatic amines is 1. The molecule has 1 N–H and O–H groups in total. The molecular formula is C21H30N4O. The van der Waals surface area contributed by atoms with E-state index in [-0.39, 0.29) is 11.0 Å². The van der Waals surface area contributed by atoms with Crippen LogP contribution in [0.25, 0.3) is 0 Å². The second-order valence-electron chi connectivity index (χ2n) is 8.37. The Morgan fingerprint density at radius 2 is 1.69 bits per heavy atom. The first-order valence-corrected chi connectivity index (χ1v) is 9.37. The number of piperazine rings is 1. The molecule has 1 fully saturated rings. The van der Waals surface area contributed by atoms with E-state index in [1.807, 2.05) is 6.92 Å². The fraction of sp³-hybridized carbons (Fsp3) is 0.524. The Kier molecular flexibility index (Phi) is 5.19. The standard InChI is InChI=1S/C21H30N4O/c1-15-18(14-16-6-8-17(9-7-16)21(2,3)4)19(26)23-20(22-15)25-12-10-24(5)11-13-25/h6-9H,10-14H2,1-5H3,(H,22,23,26). The summed E-state index contributed by atoms with van der Waals surface area (Å²) in [4.78, 5) is 24.8. The van der Waals surface area contributed by atoms with Crippen LogP contribution in [0.3, 0.4) is 0 Å². The number of aryl methyl sites for hydroxylation is 1. The Balaban J connectivity index is 1.79. The lowest BCUT2D eigenvalue weighted by Gasteiger charge is -2.32. The fourth-order valence-electron chi connectivity index (χ4n) is 3.30. The van der Waals surface area contributed by atoms with Gasteiger partial charge in [-0.05, 0) is 30.5 Å². The number of likely N-dealkylation sites (N-methyl/N-ethyl adjacent to an activating group) is 1. The highest BCUT2D eigenvalue weighted by Crippen LogP contribution is 2.23. The normalized spacial score (nSPS) is 16.1. The van der Waals surface area contributed by atoms with E-state index in [1.165, 1.54) is 5.56 Å². The third-order valence-corrected chi connectivity index (χ3v) is 5.21. The maximum Gasteiger partial charge on any atom is 0.256 e. The first kappa shape index (κ1) is 18.6. The van der Waals surface area contributed by atoms with Gasteiger partial charge in [-0.3, -0.25) is 9.78 Å². The van der Waals surface area contributed by atoms with Crippen LogP contribution in [0.2, 0.25) is 0 Å². The second-order valence-corrected chi connectivity index (χ2v) is 8.37. The molecule has 3 rings (SSSR count). The number of hydrogen-bond acceptors (Lipinski definition) is 4. The minimum Gasteiger partial charge on any atom is -0.340 e. The molecule has 0 saturated carbocycles.